The fraction of sp³-hybridized carbons (Fsp3) is 0.750. The maximum absolute atomic E-state index is 2.24. The third-order valence-electron chi connectivity index (χ3n) is 0.908. The summed E-state index contributed by atoms with van der Waals surface area (Å²) in [4.78, 5) is 0. The maximum atomic E-state index is 2.24. The molecular weight excluding hydrogens is 58.9 g/mol. The predicted octanol–water partition coefficient (Wildman–Crippen LogP) is 0.705. The van der Waals surface area contributed by atoms with Crippen molar-refractivity contribution in [3.63, 3.8) is 0 Å². The molecule has 0 spiro atoms. The molecule has 0 aromatic carbocycles. The third-order valence-corrected chi connectivity index (χ3v) is 0.908. The van der Waals surface area contributed by atoms with Crippen LogP contribution in [-0.2, 0) is 0 Å². The molecule has 0 aliphatic carbocycles. The van der Waals surface area contributed by atoms with Crippen LogP contribution in [0.2, 0.25) is 6.32 Å². The Morgan fingerprint density at radius 1 is 1.60 bits per heavy atom. The number of rotatable bonds is 0. The van der Waals surface area contributed by atoms with Crippen molar-refractivity contribution < 1.29 is 0 Å². The molecule has 0 aromatic heterocycles. The summed E-state index contributed by atoms with van der Waals surface area (Å²) >= 11 is 0. The summed E-state index contributed by atoms with van der Waals surface area (Å²) in [6, 6.07) is 0. The molecule has 1 heterocycles. The van der Waals surface area contributed by atoms with E-state index >= 15 is 0 Å². The summed E-state index contributed by atoms with van der Waals surface area (Å²) < 4.78 is 0. The molecule has 0 fully saturated rings. The number of hydrogen-bond donors (Lipinski definition) is 0. The van der Waals surface area contributed by atoms with E-state index in [1.54, 1.807) is 0 Å². The Morgan fingerprint density at radius 3 is 2.80 bits per heavy atom. The van der Waals surface area contributed by atoms with E-state index in [0.717, 1.165) is 0 Å². The van der Waals surface area contributed by atoms with Gasteiger partial charge >= 0.3 is 32.0 Å². The molecule has 1 rings (SSSR count). The minimum absolute atomic E-state index is 1.32. The van der Waals surface area contributed by atoms with E-state index in [1.165, 1.54) is 19.2 Å². The van der Waals surface area contributed by atoms with Gasteiger partial charge in [0.1, 0.15) is 0 Å². The molecular formula is C4H7B. The van der Waals surface area contributed by atoms with E-state index in [2.05, 4.69) is 12.9 Å². The van der Waals surface area contributed by atoms with Crippen molar-refractivity contribution in [2.75, 3.05) is 0 Å². The van der Waals surface area contributed by atoms with Crippen molar-refractivity contribution in [1.82, 2.24) is 0 Å². The van der Waals surface area contributed by atoms with Gasteiger partial charge in [0, 0.05) is 0 Å². The molecule has 0 saturated carbocycles. The van der Waals surface area contributed by atoms with Gasteiger partial charge in [-0.25, -0.2) is 0 Å². The Labute approximate surface area is 33.1 Å². The van der Waals surface area contributed by atoms with Gasteiger partial charge in [-0.15, -0.1) is 0 Å². The standard InChI is InChI=1S/C4H7B/c1-2-4-5-3-1/h3H,1-2,4H2. The third kappa shape index (κ3) is 0.605. The van der Waals surface area contributed by atoms with Crippen molar-refractivity contribution in [2.24, 2.45) is 0 Å². The van der Waals surface area contributed by atoms with E-state index < -0.39 is 0 Å². The predicted molar refractivity (Wildman–Crippen MR) is 25.9 cm³/mol. The topological polar surface area (TPSA) is 0 Å². The van der Waals surface area contributed by atoms with E-state index in [9.17, 15) is 0 Å². The molecule has 0 nitrogen and oxygen atoms in total. The van der Waals surface area contributed by atoms with Crippen LogP contribution in [-0.4, -0.2) is 12.9 Å². The molecule has 1 aliphatic heterocycles. The van der Waals surface area contributed by atoms with E-state index in [-0.39, 0.29) is 0 Å². The molecule has 0 amide bonds. The van der Waals surface area contributed by atoms with E-state index in [4.69, 9.17) is 0 Å². The van der Waals surface area contributed by atoms with Gasteiger partial charge in [-0.05, 0) is 0 Å². The van der Waals surface area contributed by atoms with Gasteiger partial charge in [-0.3, -0.25) is 0 Å². The molecule has 0 aromatic rings. The summed E-state index contributed by atoms with van der Waals surface area (Å²) in [7, 11) is 0. The Kier molecular flexibility index (Phi) is 0.873. The van der Waals surface area contributed by atoms with Gasteiger partial charge in [0.15, 0.2) is 0 Å². The average Bonchev–Trinajstić information content (AvgIpc) is 1.76. The Morgan fingerprint density at radius 2 is 2.60 bits per heavy atom. The molecule has 0 bridgehead atoms. The van der Waals surface area contributed by atoms with E-state index in [0.29, 0.717) is 0 Å². The Bertz CT molecular complexity index is 41.6. The first kappa shape index (κ1) is 3.14. The first-order valence-corrected chi connectivity index (χ1v) is 2.15. The van der Waals surface area contributed by atoms with Crippen LogP contribution >= 0.6 is 0 Å². The first-order chi connectivity index (χ1) is 2.50. The van der Waals surface area contributed by atoms with Crippen LogP contribution in [0.4, 0.5) is 0 Å². The summed E-state index contributed by atoms with van der Waals surface area (Å²) in [5, 5.41) is 0. The van der Waals surface area contributed by atoms with E-state index in [1.807, 2.05) is 0 Å². The van der Waals surface area contributed by atoms with Crippen molar-refractivity contribution in [2.45, 2.75) is 19.2 Å². The van der Waals surface area contributed by atoms with Gasteiger partial charge < -0.3 is 0 Å². The van der Waals surface area contributed by atoms with Gasteiger partial charge in [0.2, 0.25) is 0 Å². The molecule has 0 unspecified atom stereocenters. The van der Waals surface area contributed by atoms with Gasteiger partial charge in [0.05, 0.1) is 0 Å². The van der Waals surface area contributed by atoms with Crippen LogP contribution in [0.3, 0.4) is 0 Å². The van der Waals surface area contributed by atoms with Gasteiger partial charge in [-0.1, -0.05) is 0 Å². The molecule has 0 radical (unpaired) electrons. The Hall–Kier alpha value is -0.0651. The fourth-order valence-electron chi connectivity index (χ4n) is 0.589. The molecule has 1 heteroatoms. The second kappa shape index (κ2) is 1.39. The van der Waals surface area contributed by atoms with Crippen LogP contribution in [0.1, 0.15) is 12.8 Å². The normalized spacial score (nSPS) is 19.2. The van der Waals surface area contributed by atoms with Crippen LogP contribution in [0, 0.1) is 0 Å². The van der Waals surface area contributed by atoms with Crippen LogP contribution in [0.15, 0.2) is 0 Å². The zero-order valence-electron chi connectivity index (χ0n) is 3.28. The summed E-state index contributed by atoms with van der Waals surface area (Å²) in [6.45, 7) is 2.24. The average molecular weight is 65.9 g/mol. The molecule has 0 N–H and O–H groups in total. The molecule has 5 heavy (non-hydrogen) atoms. The fourth-order valence-corrected chi connectivity index (χ4v) is 0.589. The van der Waals surface area contributed by atoms with Gasteiger partial charge in [0.25, 0.3) is 0 Å². The van der Waals surface area contributed by atoms with Crippen molar-refractivity contribution in [1.29, 1.82) is 0 Å². The summed E-state index contributed by atoms with van der Waals surface area (Å²) in [5.74, 6) is 2.24. The zero-order valence-corrected chi connectivity index (χ0v) is 3.28. The summed E-state index contributed by atoms with van der Waals surface area (Å²) in [6.07, 6.45) is 4.03. The Balaban J connectivity index is 2.32. The quantitative estimate of drug-likeness (QED) is 0.365. The minimum atomic E-state index is 1.32. The first-order valence-electron chi connectivity index (χ1n) is 2.15. The molecule has 0 saturated heterocycles. The van der Waals surface area contributed by atoms with Crippen molar-refractivity contribution in [3.8, 4) is 0 Å². The zero-order chi connectivity index (χ0) is 3.54. The van der Waals surface area contributed by atoms with Crippen molar-refractivity contribution in [3.05, 3.63) is 0 Å². The monoisotopic (exact) mass is 66.1 g/mol. The van der Waals surface area contributed by atoms with Crippen molar-refractivity contribution >= 4 is 12.9 Å². The molecule has 1 aliphatic rings. The molecule has 0 atom stereocenters. The number of hydrogen-bond acceptors (Lipinski definition) is 0. The second-order valence-corrected chi connectivity index (χ2v) is 1.40. The SMILES string of the molecule is B1=CCCC1. The van der Waals surface area contributed by atoms with Gasteiger partial charge in [-0.2, -0.15) is 0 Å². The second-order valence-electron chi connectivity index (χ2n) is 1.40. The summed E-state index contributed by atoms with van der Waals surface area (Å²) in [5.41, 5.74) is 0. The molecule has 26 valence electrons. The van der Waals surface area contributed by atoms with Crippen LogP contribution in [0.25, 0.3) is 0 Å². The van der Waals surface area contributed by atoms with Crippen LogP contribution < -0.4 is 0 Å². The van der Waals surface area contributed by atoms with Crippen LogP contribution in [0.5, 0.6) is 0 Å².